The van der Waals surface area contributed by atoms with Gasteiger partial charge in [0.2, 0.25) is 5.91 Å². The van der Waals surface area contributed by atoms with Crippen molar-refractivity contribution in [2.45, 2.75) is 19.8 Å². The largest absolute Gasteiger partial charge is 0.456 e. The van der Waals surface area contributed by atoms with Crippen molar-refractivity contribution in [3.05, 3.63) is 41.0 Å². The number of rotatable bonds is 4. The molecule has 0 spiro atoms. The average molecular weight is 318 g/mol. The first kappa shape index (κ1) is 14.7. The fraction of sp³-hybridized carbons (Fsp3) is 0.250. The zero-order valence-electron chi connectivity index (χ0n) is 12.1. The van der Waals surface area contributed by atoms with Gasteiger partial charge in [0, 0.05) is 23.9 Å². The summed E-state index contributed by atoms with van der Waals surface area (Å²) >= 11 is 6.23. The van der Waals surface area contributed by atoms with E-state index in [-0.39, 0.29) is 11.8 Å². The first-order chi connectivity index (χ1) is 10.5. The summed E-state index contributed by atoms with van der Waals surface area (Å²) in [6, 6.07) is 6.83. The molecule has 1 aliphatic carbocycles. The van der Waals surface area contributed by atoms with Crippen LogP contribution >= 0.6 is 11.6 Å². The summed E-state index contributed by atoms with van der Waals surface area (Å²) in [5, 5.41) is 3.25. The summed E-state index contributed by atoms with van der Waals surface area (Å²) in [6.07, 6.45) is 3.47. The molecule has 1 aromatic carbocycles. The molecular formula is C16H16ClN3O2. The van der Waals surface area contributed by atoms with E-state index in [4.69, 9.17) is 22.1 Å². The Balaban J connectivity index is 1.78. The van der Waals surface area contributed by atoms with Crippen LogP contribution in [0.15, 0.2) is 30.5 Å². The number of hydrogen-bond donors (Lipinski definition) is 2. The summed E-state index contributed by atoms with van der Waals surface area (Å²) in [5.74, 6) is 1.66. The second-order valence-electron chi connectivity index (χ2n) is 5.33. The highest BCUT2D eigenvalue weighted by Gasteiger charge is 2.29. The molecule has 22 heavy (non-hydrogen) atoms. The third-order valence-electron chi connectivity index (χ3n) is 3.55. The molecule has 0 radical (unpaired) electrons. The molecule has 3 N–H and O–H groups in total. The van der Waals surface area contributed by atoms with Gasteiger partial charge in [-0.1, -0.05) is 11.6 Å². The van der Waals surface area contributed by atoms with Crippen LogP contribution in [-0.2, 0) is 4.79 Å². The Bertz CT molecular complexity index is 729. The van der Waals surface area contributed by atoms with Gasteiger partial charge in [-0.05, 0) is 43.5 Å². The number of carbonyl (C=O) groups excluding carboxylic acids is 1. The number of hydrogen-bond acceptors (Lipinski definition) is 4. The minimum absolute atomic E-state index is 0.00557. The van der Waals surface area contributed by atoms with Crippen LogP contribution in [0.3, 0.4) is 0 Å². The van der Waals surface area contributed by atoms with E-state index in [1.54, 1.807) is 30.5 Å². The summed E-state index contributed by atoms with van der Waals surface area (Å²) in [5.41, 5.74) is 7.19. The second kappa shape index (κ2) is 5.85. The second-order valence-corrected chi connectivity index (χ2v) is 5.71. The lowest BCUT2D eigenvalue weighted by atomic mass is 10.2. The van der Waals surface area contributed by atoms with Crippen molar-refractivity contribution in [2.75, 3.05) is 11.1 Å². The van der Waals surface area contributed by atoms with E-state index in [2.05, 4.69) is 10.3 Å². The third kappa shape index (κ3) is 3.14. The van der Waals surface area contributed by atoms with Crippen LogP contribution in [0.2, 0.25) is 5.02 Å². The minimum Gasteiger partial charge on any atom is -0.456 e. The molecule has 1 aromatic heterocycles. The van der Waals surface area contributed by atoms with Gasteiger partial charge in [0.05, 0.1) is 5.02 Å². The molecular weight excluding hydrogens is 302 g/mol. The zero-order valence-corrected chi connectivity index (χ0v) is 12.9. The molecule has 6 heteroatoms. The number of nitrogens with one attached hydrogen (secondary N) is 1. The average Bonchev–Trinajstić information content (AvgIpc) is 3.33. The molecule has 1 aliphatic rings. The van der Waals surface area contributed by atoms with Crippen LogP contribution in [0.1, 0.15) is 18.4 Å². The Kier molecular flexibility index (Phi) is 3.90. The van der Waals surface area contributed by atoms with E-state index in [1.165, 1.54) is 0 Å². The van der Waals surface area contributed by atoms with E-state index in [1.807, 2.05) is 6.92 Å². The van der Waals surface area contributed by atoms with Gasteiger partial charge in [-0.15, -0.1) is 0 Å². The predicted octanol–water partition coefficient (Wildman–Crippen LogP) is 3.77. The monoisotopic (exact) mass is 317 g/mol. The van der Waals surface area contributed by atoms with Gasteiger partial charge in [-0.2, -0.15) is 0 Å². The van der Waals surface area contributed by atoms with Crippen molar-refractivity contribution < 1.29 is 9.53 Å². The van der Waals surface area contributed by atoms with Gasteiger partial charge in [0.25, 0.3) is 0 Å². The highest BCUT2D eigenvalue weighted by Crippen LogP contribution is 2.35. The van der Waals surface area contributed by atoms with E-state index < -0.39 is 0 Å². The SMILES string of the molecule is Cc1c(N)ccc(Oc2ccnc(NC(=O)C3CC3)c2)c1Cl. The molecule has 0 saturated heterocycles. The quantitative estimate of drug-likeness (QED) is 0.842. The Morgan fingerprint density at radius 2 is 2.18 bits per heavy atom. The highest BCUT2D eigenvalue weighted by atomic mass is 35.5. The van der Waals surface area contributed by atoms with Crippen molar-refractivity contribution >= 4 is 29.0 Å². The maximum absolute atomic E-state index is 11.8. The third-order valence-corrected chi connectivity index (χ3v) is 4.02. The summed E-state index contributed by atoms with van der Waals surface area (Å²) in [4.78, 5) is 15.9. The number of benzene rings is 1. The van der Waals surface area contributed by atoms with E-state index in [0.29, 0.717) is 28.0 Å². The molecule has 0 atom stereocenters. The maximum Gasteiger partial charge on any atom is 0.228 e. The summed E-state index contributed by atoms with van der Waals surface area (Å²) in [7, 11) is 0. The number of nitrogen functional groups attached to an aromatic ring is 1. The number of ether oxygens (including phenoxy) is 1. The smallest absolute Gasteiger partial charge is 0.228 e. The number of halogens is 1. The molecule has 1 heterocycles. The van der Waals surface area contributed by atoms with E-state index in [0.717, 1.165) is 18.4 Å². The fourth-order valence-corrected chi connectivity index (χ4v) is 2.21. The van der Waals surface area contributed by atoms with Gasteiger partial charge < -0.3 is 15.8 Å². The first-order valence-electron chi connectivity index (χ1n) is 7.04. The topological polar surface area (TPSA) is 77.2 Å². The number of nitrogens with zero attached hydrogens (tertiary/aromatic N) is 1. The van der Waals surface area contributed by atoms with Crippen molar-refractivity contribution in [1.82, 2.24) is 4.98 Å². The number of anilines is 2. The fourth-order valence-electron chi connectivity index (χ4n) is 2.00. The molecule has 1 amide bonds. The number of nitrogens with two attached hydrogens (primary N) is 1. The van der Waals surface area contributed by atoms with Crippen LogP contribution < -0.4 is 15.8 Å². The minimum atomic E-state index is 0.00557. The summed E-state index contributed by atoms with van der Waals surface area (Å²) in [6.45, 7) is 1.83. The molecule has 1 saturated carbocycles. The summed E-state index contributed by atoms with van der Waals surface area (Å²) < 4.78 is 5.76. The Morgan fingerprint density at radius 3 is 2.91 bits per heavy atom. The van der Waals surface area contributed by atoms with Gasteiger partial charge in [-0.25, -0.2) is 4.98 Å². The Hall–Kier alpha value is -2.27. The molecule has 114 valence electrons. The van der Waals surface area contributed by atoms with E-state index in [9.17, 15) is 4.79 Å². The van der Waals surface area contributed by atoms with Gasteiger partial charge in [0.15, 0.2) is 0 Å². The molecule has 0 unspecified atom stereocenters. The van der Waals surface area contributed by atoms with Gasteiger partial charge >= 0.3 is 0 Å². The van der Waals surface area contributed by atoms with Crippen LogP contribution in [-0.4, -0.2) is 10.9 Å². The van der Waals surface area contributed by atoms with Crippen molar-refractivity contribution in [1.29, 1.82) is 0 Å². The van der Waals surface area contributed by atoms with Crippen molar-refractivity contribution in [3.8, 4) is 11.5 Å². The van der Waals surface area contributed by atoms with Crippen molar-refractivity contribution in [3.63, 3.8) is 0 Å². The van der Waals surface area contributed by atoms with Crippen LogP contribution in [0, 0.1) is 12.8 Å². The molecule has 3 rings (SSSR count). The normalized spacial score (nSPS) is 13.7. The lowest BCUT2D eigenvalue weighted by Crippen LogP contribution is -2.14. The number of amides is 1. The maximum atomic E-state index is 11.8. The van der Waals surface area contributed by atoms with Gasteiger partial charge in [0.1, 0.15) is 17.3 Å². The highest BCUT2D eigenvalue weighted by molar-refractivity contribution is 6.33. The number of carbonyl (C=O) groups is 1. The first-order valence-corrected chi connectivity index (χ1v) is 7.42. The predicted molar refractivity (Wildman–Crippen MR) is 86.3 cm³/mol. The molecule has 0 bridgehead atoms. The lowest BCUT2D eigenvalue weighted by Gasteiger charge is -2.11. The van der Waals surface area contributed by atoms with Crippen LogP contribution in [0.4, 0.5) is 11.5 Å². The van der Waals surface area contributed by atoms with Crippen molar-refractivity contribution in [2.24, 2.45) is 5.92 Å². The molecule has 1 fully saturated rings. The number of aromatic nitrogens is 1. The molecule has 2 aromatic rings. The lowest BCUT2D eigenvalue weighted by molar-refractivity contribution is -0.117. The van der Waals surface area contributed by atoms with Gasteiger partial charge in [-0.3, -0.25) is 4.79 Å². The zero-order chi connectivity index (χ0) is 15.7. The standard InChI is InChI=1S/C16H16ClN3O2/c1-9-12(18)4-5-13(15(9)17)22-11-6-7-19-14(8-11)20-16(21)10-2-3-10/h4-8,10H,2-3,18H2,1H3,(H,19,20,21). The number of pyridine rings is 1. The molecule has 5 nitrogen and oxygen atoms in total. The Labute approximate surface area is 133 Å². The molecule has 0 aliphatic heterocycles. The van der Waals surface area contributed by atoms with E-state index >= 15 is 0 Å². The Morgan fingerprint density at radius 1 is 1.41 bits per heavy atom. The van der Waals surface area contributed by atoms with Crippen LogP contribution in [0.5, 0.6) is 11.5 Å². The van der Waals surface area contributed by atoms with Crippen LogP contribution in [0.25, 0.3) is 0 Å².